The SMILES string of the molecule is CCN=C(NC1CC1)NC1CN(C(C)C)CC1C. The average Bonchev–Trinajstić information content (AvgIpc) is 3.03. The lowest BCUT2D eigenvalue weighted by molar-refractivity contribution is 0.265. The van der Waals surface area contributed by atoms with E-state index in [2.05, 4.69) is 48.2 Å². The third-order valence-electron chi connectivity index (χ3n) is 3.93. The summed E-state index contributed by atoms with van der Waals surface area (Å²) in [7, 11) is 0. The van der Waals surface area contributed by atoms with Gasteiger partial charge >= 0.3 is 0 Å². The Kier molecular flexibility index (Phi) is 4.49. The van der Waals surface area contributed by atoms with Crippen LogP contribution in [0.5, 0.6) is 0 Å². The summed E-state index contributed by atoms with van der Waals surface area (Å²) in [5, 5.41) is 7.12. The Morgan fingerprint density at radius 1 is 1.28 bits per heavy atom. The van der Waals surface area contributed by atoms with Gasteiger partial charge in [-0.25, -0.2) is 0 Å². The van der Waals surface area contributed by atoms with Gasteiger partial charge in [0.15, 0.2) is 5.96 Å². The molecule has 2 aliphatic rings. The molecule has 2 atom stereocenters. The van der Waals surface area contributed by atoms with Gasteiger partial charge in [-0.1, -0.05) is 6.92 Å². The van der Waals surface area contributed by atoms with Crippen LogP contribution in [-0.4, -0.2) is 48.6 Å². The number of nitrogens with one attached hydrogen (secondary N) is 2. The van der Waals surface area contributed by atoms with E-state index in [0.717, 1.165) is 19.0 Å². The van der Waals surface area contributed by atoms with Crippen molar-refractivity contribution < 1.29 is 0 Å². The summed E-state index contributed by atoms with van der Waals surface area (Å²) in [6, 6.07) is 1.84. The number of aliphatic imine (C=N–C) groups is 1. The van der Waals surface area contributed by atoms with E-state index >= 15 is 0 Å². The normalized spacial score (nSPS) is 29.9. The second kappa shape index (κ2) is 5.91. The van der Waals surface area contributed by atoms with Crippen LogP contribution >= 0.6 is 0 Å². The Hall–Kier alpha value is -0.770. The van der Waals surface area contributed by atoms with Gasteiger partial charge in [0.2, 0.25) is 0 Å². The molecule has 0 spiro atoms. The second-order valence-corrected chi connectivity index (χ2v) is 6.02. The van der Waals surface area contributed by atoms with Crippen LogP contribution in [0.4, 0.5) is 0 Å². The highest BCUT2D eigenvalue weighted by Crippen LogP contribution is 2.20. The second-order valence-electron chi connectivity index (χ2n) is 6.02. The lowest BCUT2D eigenvalue weighted by Gasteiger charge is -2.22. The minimum atomic E-state index is 0.531. The first-order valence-electron chi connectivity index (χ1n) is 7.41. The van der Waals surface area contributed by atoms with E-state index in [-0.39, 0.29) is 0 Å². The standard InChI is InChI=1S/C14H28N4/c1-5-15-14(16-12-6-7-12)17-13-9-18(10(2)3)8-11(13)4/h10-13H,5-9H2,1-4H3,(H2,15,16,17). The summed E-state index contributed by atoms with van der Waals surface area (Å²) in [5.41, 5.74) is 0. The molecule has 104 valence electrons. The van der Waals surface area contributed by atoms with E-state index in [1.165, 1.54) is 19.4 Å². The zero-order valence-electron chi connectivity index (χ0n) is 12.2. The number of rotatable bonds is 4. The van der Waals surface area contributed by atoms with Crippen LogP contribution in [0.25, 0.3) is 0 Å². The largest absolute Gasteiger partial charge is 0.354 e. The Morgan fingerprint density at radius 3 is 2.50 bits per heavy atom. The Labute approximate surface area is 111 Å². The van der Waals surface area contributed by atoms with Crippen LogP contribution in [0.2, 0.25) is 0 Å². The van der Waals surface area contributed by atoms with Gasteiger partial charge in [0.05, 0.1) is 0 Å². The third kappa shape index (κ3) is 3.61. The highest BCUT2D eigenvalue weighted by molar-refractivity contribution is 5.80. The summed E-state index contributed by atoms with van der Waals surface area (Å²) < 4.78 is 0. The molecule has 0 aromatic rings. The molecule has 2 N–H and O–H groups in total. The van der Waals surface area contributed by atoms with Gasteiger partial charge in [0.1, 0.15) is 0 Å². The van der Waals surface area contributed by atoms with Gasteiger partial charge in [0, 0.05) is 37.8 Å². The fourth-order valence-corrected chi connectivity index (χ4v) is 2.50. The van der Waals surface area contributed by atoms with Crippen LogP contribution < -0.4 is 10.6 Å². The van der Waals surface area contributed by atoms with Crippen LogP contribution in [0, 0.1) is 5.92 Å². The highest BCUT2D eigenvalue weighted by Gasteiger charge is 2.32. The molecule has 0 amide bonds. The van der Waals surface area contributed by atoms with Gasteiger partial charge in [-0.2, -0.15) is 0 Å². The minimum absolute atomic E-state index is 0.531. The predicted molar refractivity (Wildman–Crippen MR) is 76.9 cm³/mol. The molecular formula is C14H28N4. The fraction of sp³-hybridized carbons (Fsp3) is 0.929. The monoisotopic (exact) mass is 252 g/mol. The van der Waals surface area contributed by atoms with Crippen molar-refractivity contribution in [3.8, 4) is 0 Å². The lowest BCUT2D eigenvalue weighted by atomic mass is 10.1. The fourth-order valence-electron chi connectivity index (χ4n) is 2.50. The molecule has 0 aromatic heterocycles. The highest BCUT2D eigenvalue weighted by atomic mass is 15.3. The smallest absolute Gasteiger partial charge is 0.191 e. The molecule has 2 fully saturated rings. The maximum atomic E-state index is 4.55. The molecular weight excluding hydrogens is 224 g/mol. The van der Waals surface area contributed by atoms with Crippen molar-refractivity contribution in [3.05, 3.63) is 0 Å². The van der Waals surface area contributed by atoms with Crippen molar-refractivity contribution in [1.29, 1.82) is 0 Å². The Balaban J connectivity index is 1.88. The number of hydrogen-bond donors (Lipinski definition) is 2. The van der Waals surface area contributed by atoms with E-state index in [1.54, 1.807) is 0 Å². The summed E-state index contributed by atoms with van der Waals surface area (Å²) in [4.78, 5) is 7.09. The zero-order chi connectivity index (χ0) is 13.1. The zero-order valence-corrected chi connectivity index (χ0v) is 12.2. The van der Waals surface area contributed by atoms with Crippen LogP contribution in [0.15, 0.2) is 4.99 Å². The first-order valence-corrected chi connectivity index (χ1v) is 7.41. The van der Waals surface area contributed by atoms with Crippen molar-refractivity contribution in [3.63, 3.8) is 0 Å². The molecule has 2 rings (SSSR count). The molecule has 2 unspecified atom stereocenters. The minimum Gasteiger partial charge on any atom is -0.354 e. The third-order valence-corrected chi connectivity index (χ3v) is 3.93. The number of guanidine groups is 1. The molecule has 1 saturated heterocycles. The molecule has 1 heterocycles. The maximum absolute atomic E-state index is 4.55. The molecule has 0 bridgehead atoms. The number of nitrogens with zero attached hydrogens (tertiary/aromatic N) is 2. The van der Waals surface area contributed by atoms with E-state index in [4.69, 9.17) is 0 Å². The van der Waals surface area contributed by atoms with E-state index in [9.17, 15) is 0 Å². The summed E-state index contributed by atoms with van der Waals surface area (Å²) >= 11 is 0. The molecule has 1 aliphatic heterocycles. The van der Waals surface area contributed by atoms with Crippen molar-refractivity contribution in [2.45, 2.75) is 58.7 Å². The van der Waals surface area contributed by atoms with Crippen molar-refractivity contribution in [2.75, 3.05) is 19.6 Å². The average molecular weight is 252 g/mol. The summed E-state index contributed by atoms with van der Waals surface area (Å²) in [6.45, 7) is 12.1. The summed E-state index contributed by atoms with van der Waals surface area (Å²) in [6.07, 6.45) is 2.59. The molecule has 4 nitrogen and oxygen atoms in total. The molecule has 1 saturated carbocycles. The van der Waals surface area contributed by atoms with E-state index in [0.29, 0.717) is 24.0 Å². The molecule has 18 heavy (non-hydrogen) atoms. The van der Waals surface area contributed by atoms with Crippen LogP contribution in [0.1, 0.15) is 40.5 Å². The van der Waals surface area contributed by atoms with Crippen LogP contribution in [-0.2, 0) is 0 Å². The first-order chi connectivity index (χ1) is 8.60. The topological polar surface area (TPSA) is 39.7 Å². The number of likely N-dealkylation sites (tertiary alicyclic amines) is 1. The number of hydrogen-bond acceptors (Lipinski definition) is 2. The van der Waals surface area contributed by atoms with Crippen molar-refractivity contribution in [1.82, 2.24) is 15.5 Å². The molecule has 1 aliphatic carbocycles. The van der Waals surface area contributed by atoms with Crippen molar-refractivity contribution in [2.24, 2.45) is 10.9 Å². The van der Waals surface area contributed by atoms with Gasteiger partial charge < -0.3 is 10.6 Å². The van der Waals surface area contributed by atoms with E-state index in [1.807, 2.05) is 0 Å². The van der Waals surface area contributed by atoms with Gasteiger partial charge in [-0.15, -0.1) is 0 Å². The van der Waals surface area contributed by atoms with Gasteiger partial charge in [-0.3, -0.25) is 9.89 Å². The quantitative estimate of drug-likeness (QED) is 0.587. The Morgan fingerprint density at radius 2 is 2.00 bits per heavy atom. The Bertz CT molecular complexity index is 296. The molecule has 0 radical (unpaired) electrons. The van der Waals surface area contributed by atoms with Crippen molar-refractivity contribution >= 4 is 5.96 Å². The first kappa shape index (κ1) is 13.7. The summed E-state index contributed by atoms with van der Waals surface area (Å²) in [5.74, 6) is 1.71. The molecule has 4 heteroatoms. The lowest BCUT2D eigenvalue weighted by Crippen LogP contribution is -2.47. The van der Waals surface area contributed by atoms with Gasteiger partial charge in [0.25, 0.3) is 0 Å². The molecule has 0 aromatic carbocycles. The van der Waals surface area contributed by atoms with E-state index < -0.39 is 0 Å². The maximum Gasteiger partial charge on any atom is 0.191 e. The van der Waals surface area contributed by atoms with Gasteiger partial charge in [-0.05, 0) is 39.5 Å². The predicted octanol–water partition coefficient (Wildman–Crippen LogP) is 1.43. The van der Waals surface area contributed by atoms with Crippen LogP contribution in [0.3, 0.4) is 0 Å².